The molecular weight excluding hydrogens is 288 g/mol. The third-order valence-electron chi connectivity index (χ3n) is 2.69. The van der Waals surface area contributed by atoms with Crippen LogP contribution in [0.3, 0.4) is 0 Å². The van der Waals surface area contributed by atoms with E-state index in [0.717, 1.165) is 21.6 Å². The molecule has 0 atom stereocenters. The lowest BCUT2D eigenvalue weighted by Crippen LogP contribution is -2.18. The summed E-state index contributed by atoms with van der Waals surface area (Å²) in [7, 11) is 0. The van der Waals surface area contributed by atoms with Crippen molar-refractivity contribution in [3.63, 3.8) is 0 Å². The van der Waals surface area contributed by atoms with Crippen LogP contribution in [-0.4, -0.2) is 10.1 Å². The van der Waals surface area contributed by atoms with Crippen molar-refractivity contribution in [2.45, 2.75) is 0 Å². The topological polar surface area (TPSA) is 63.0 Å². The van der Waals surface area contributed by atoms with Gasteiger partial charge in [0.1, 0.15) is 0 Å². The Kier molecular flexibility index (Phi) is 3.49. The zero-order valence-corrected chi connectivity index (χ0v) is 12.1. The van der Waals surface area contributed by atoms with Crippen molar-refractivity contribution in [1.29, 1.82) is 0 Å². The van der Waals surface area contributed by atoms with Gasteiger partial charge in [0.05, 0.1) is 10.2 Å². The smallest absolute Gasteiger partial charge is 0.181 e. The van der Waals surface area contributed by atoms with E-state index >= 15 is 0 Å². The van der Waals surface area contributed by atoms with E-state index in [1.54, 1.807) is 0 Å². The second-order valence-electron chi connectivity index (χ2n) is 4.18. The quantitative estimate of drug-likeness (QED) is 0.630. The summed E-state index contributed by atoms with van der Waals surface area (Å²) in [6.07, 6.45) is 0. The number of nitrogens with zero attached hydrogens (tertiary/aromatic N) is 1. The van der Waals surface area contributed by atoms with Gasteiger partial charge in [-0.3, -0.25) is 0 Å². The van der Waals surface area contributed by atoms with E-state index in [4.69, 9.17) is 18.0 Å². The number of aromatic nitrogens is 1. The van der Waals surface area contributed by atoms with Crippen molar-refractivity contribution in [2.24, 2.45) is 0 Å². The predicted molar refractivity (Wildman–Crippen MR) is 90.3 cm³/mol. The Bertz CT molecular complexity index is 752. The van der Waals surface area contributed by atoms with Crippen LogP contribution in [0.4, 0.5) is 16.5 Å². The zero-order valence-electron chi connectivity index (χ0n) is 10.5. The number of anilines is 3. The van der Waals surface area contributed by atoms with Crippen molar-refractivity contribution in [3.05, 3.63) is 48.5 Å². The van der Waals surface area contributed by atoms with Gasteiger partial charge in [-0.25, -0.2) is 4.98 Å². The highest BCUT2D eigenvalue weighted by molar-refractivity contribution is 7.80. The summed E-state index contributed by atoms with van der Waals surface area (Å²) in [5, 5.41) is 7.40. The molecule has 0 aliphatic carbocycles. The number of benzene rings is 2. The first-order chi connectivity index (χ1) is 9.70. The fourth-order valence-corrected chi connectivity index (χ4v) is 2.84. The van der Waals surface area contributed by atoms with Crippen LogP contribution in [0.2, 0.25) is 0 Å². The molecule has 2 aromatic carbocycles. The number of thiazole rings is 1. The number of nitrogens with one attached hydrogen (secondary N) is 2. The molecule has 4 nitrogen and oxygen atoms in total. The van der Waals surface area contributed by atoms with Gasteiger partial charge in [-0.05, 0) is 42.5 Å². The Hall–Kier alpha value is -2.18. The van der Waals surface area contributed by atoms with Crippen LogP contribution in [0.5, 0.6) is 0 Å². The number of fused-ring (bicyclic) bond motifs is 1. The SMILES string of the molecule is Nc1nc2ccc(NC(=S)Nc3ccccc3)cc2s1. The fraction of sp³-hybridized carbons (Fsp3) is 0. The lowest BCUT2D eigenvalue weighted by atomic mass is 10.3. The number of nitrogen functional groups attached to an aromatic ring is 1. The molecule has 4 N–H and O–H groups in total. The number of nitrogens with two attached hydrogens (primary N) is 1. The summed E-state index contributed by atoms with van der Waals surface area (Å²) in [5.74, 6) is 0. The molecule has 0 saturated carbocycles. The molecule has 6 heteroatoms. The van der Waals surface area contributed by atoms with E-state index in [1.165, 1.54) is 11.3 Å². The van der Waals surface area contributed by atoms with Crippen molar-refractivity contribution in [1.82, 2.24) is 4.98 Å². The fourth-order valence-electron chi connectivity index (χ4n) is 1.84. The van der Waals surface area contributed by atoms with Crippen molar-refractivity contribution in [3.8, 4) is 0 Å². The summed E-state index contributed by atoms with van der Waals surface area (Å²) in [6, 6.07) is 15.6. The molecule has 0 aliphatic heterocycles. The maximum atomic E-state index is 5.69. The van der Waals surface area contributed by atoms with Gasteiger partial charge >= 0.3 is 0 Å². The van der Waals surface area contributed by atoms with Gasteiger partial charge in [0.25, 0.3) is 0 Å². The summed E-state index contributed by atoms with van der Waals surface area (Å²) in [6.45, 7) is 0. The predicted octanol–water partition coefficient (Wildman–Crippen LogP) is 3.69. The molecule has 0 saturated heterocycles. The second kappa shape index (κ2) is 5.44. The van der Waals surface area contributed by atoms with E-state index in [2.05, 4.69) is 15.6 Å². The molecule has 0 aliphatic rings. The average molecular weight is 300 g/mol. The van der Waals surface area contributed by atoms with E-state index in [1.807, 2.05) is 48.5 Å². The van der Waals surface area contributed by atoms with E-state index in [0.29, 0.717) is 10.2 Å². The van der Waals surface area contributed by atoms with Crippen LogP contribution in [0.1, 0.15) is 0 Å². The van der Waals surface area contributed by atoms with Gasteiger partial charge in [0.15, 0.2) is 10.2 Å². The number of hydrogen-bond donors (Lipinski definition) is 3. The Labute approximate surface area is 125 Å². The lowest BCUT2D eigenvalue weighted by molar-refractivity contribution is 1.49. The first-order valence-electron chi connectivity index (χ1n) is 6.00. The molecule has 0 fully saturated rings. The lowest BCUT2D eigenvalue weighted by Gasteiger charge is -2.10. The zero-order chi connectivity index (χ0) is 13.9. The van der Waals surface area contributed by atoms with Crippen LogP contribution >= 0.6 is 23.6 Å². The average Bonchev–Trinajstić information content (AvgIpc) is 2.79. The largest absolute Gasteiger partial charge is 0.375 e. The molecule has 1 aromatic heterocycles. The van der Waals surface area contributed by atoms with Crippen LogP contribution in [0.15, 0.2) is 48.5 Å². The highest BCUT2D eigenvalue weighted by Gasteiger charge is 2.03. The Balaban J connectivity index is 1.74. The minimum atomic E-state index is 0.549. The van der Waals surface area contributed by atoms with Crippen molar-refractivity contribution >= 4 is 55.4 Å². The summed E-state index contributed by atoms with van der Waals surface area (Å²) >= 11 is 6.75. The van der Waals surface area contributed by atoms with Crippen molar-refractivity contribution in [2.75, 3.05) is 16.4 Å². The van der Waals surface area contributed by atoms with Crippen LogP contribution in [-0.2, 0) is 0 Å². The minimum absolute atomic E-state index is 0.549. The molecule has 3 aromatic rings. The van der Waals surface area contributed by atoms with Gasteiger partial charge in [-0.1, -0.05) is 29.5 Å². The second-order valence-corrected chi connectivity index (χ2v) is 5.65. The van der Waals surface area contributed by atoms with Crippen molar-refractivity contribution < 1.29 is 0 Å². The summed E-state index contributed by atoms with van der Waals surface area (Å²) < 4.78 is 1.04. The third kappa shape index (κ3) is 2.87. The monoisotopic (exact) mass is 300 g/mol. The Morgan fingerprint density at radius 1 is 1.05 bits per heavy atom. The molecule has 100 valence electrons. The molecule has 0 unspecified atom stereocenters. The molecule has 0 radical (unpaired) electrons. The molecule has 0 amide bonds. The van der Waals surface area contributed by atoms with Gasteiger partial charge < -0.3 is 16.4 Å². The van der Waals surface area contributed by atoms with E-state index in [-0.39, 0.29) is 0 Å². The normalized spacial score (nSPS) is 10.4. The van der Waals surface area contributed by atoms with Crippen LogP contribution in [0, 0.1) is 0 Å². The van der Waals surface area contributed by atoms with Gasteiger partial charge in [0, 0.05) is 11.4 Å². The summed E-state index contributed by atoms with van der Waals surface area (Å²) in [4.78, 5) is 4.22. The molecule has 3 rings (SSSR count). The molecule has 20 heavy (non-hydrogen) atoms. The van der Waals surface area contributed by atoms with E-state index < -0.39 is 0 Å². The molecular formula is C14H12N4S2. The minimum Gasteiger partial charge on any atom is -0.375 e. The first kappa shape index (κ1) is 12.8. The summed E-state index contributed by atoms with van der Waals surface area (Å²) in [5.41, 5.74) is 8.46. The Morgan fingerprint density at radius 2 is 1.80 bits per heavy atom. The highest BCUT2D eigenvalue weighted by atomic mass is 32.1. The van der Waals surface area contributed by atoms with Gasteiger partial charge in [-0.15, -0.1) is 0 Å². The number of thiocarbonyl (C=S) groups is 1. The Morgan fingerprint density at radius 3 is 2.60 bits per heavy atom. The number of para-hydroxylation sites is 1. The number of hydrogen-bond acceptors (Lipinski definition) is 4. The maximum absolute atomic E-state index is 5.69. The maximum Gasteiger partial charge on any atom is 0.181 e. The molecule has 0 bridgehead atoms. The molecule has 0 spiro atoms. The van der Waals surface area contributed by atoms with Crippen LogP contribution in [0.25, 0.3) is 10.2 Å². The van der Waals surface area contributed by atoms with Crippen LogP contribution < -0.4 is 16.4 Å². The standard InChI is InChI=1S/C14H12N4S2/c15-13-18-11-7-6-10(8-12(11)20-13)17-14(19)16-9-4-2-1-3-5-9/h1-8H,(H2,15,18)(H2,16,17,19). The van der Waals surface area contributed by atoms with Gasteiger partial charge in [-0.2, -0.15) is 0 Å². The number of rotatable bonds is 2. The van der Waals surface area contributed by atoms with E-state index in [9.17, 15) is 0 Å². The molecule has 1 heterocycles. The highest BCUT2D eigenvalue weighted by Crippen LogP contribution is 2.26. The van der Waals surface area contributed by atoms with Gasteiger partial charge in [0.2, 0.25) is 0 Å². The first-order valence-corrected chi connectivity index (χ1v) is 7.22. The third-order valence-corrected chi connectivity index (χ3v) is 3.75.